The van der Waals surface area contributed by atoms with Gasteiger partial charge in [0.2, 0.25) is 0 Å². The van der Waals surface area contributed by atoms with Crippen LogP contribution in [-0.4, -0.2) is 18.1 Å². The summed E-state index contributed by atoms with van der Waals surface area (Å²) in [6.45, 7) is 2.89. The van der Waals surface area contributed by atoms with Crippen LogP contribution in [-0.2, 0) is 6.54 Å². The normalized spacial score (nSPS) is 11.4. The molecule has 0 spiro atoms. The molecule has 0 aliphatic rings. The summed E-state index contributed by atoms with van der Waals surface area (Å²) in [6, 6.07) is 16.1. The van der Waals surface area contributed by atoms with Crippen molar-refractivity contribution in [2.24, 2.45) is 10.9 Å². The molecule has 0 unspecified atom stereocenters. The second-order valence-corrected chi connectivity index (χ2v) is 4.88. The van der Waals surface area contributed by atoms with Gasteiger partial charge in [-0.2, -0.15) is 0 Å². The fraction of sp³-hybridized carbons (Fsp3) is 0.188. The van der Waals surface area contributed by atoms with Gasteiger partial charge in [0.25, 0.3) is 0 Å². The average Bonchev–Trinajstić information content (AvgIpc) is 2.47. The quantitative estimate of drug-likeness (QED) is 0.388. The van der Waals surface area contributed by atoms with Crippen LogP contribution in [0.1, 0.15) is 16.7 Å². The zero-order valence-corrected chi connectivity index (χ0v) is 11.7. The van der Waals surface area contributed by atoms with Gasteiger partial charge in [0.15, 0.2) is 5.84 Å². The molecule has 4 nitrogen and oxygen atoms in total. The lowest BCUT2D eigenvalue weighted by Crippen LogP contribution is -2.17. The Labute approximate surface area is 119 Å². The van der Waals surface area contributed by atoms with Gasteiger partial charge < -0.3 is 15.8 Å². The summed E-state index contributed by atoms with van der Waals surface area (Å²) in [7, 11) is 2.06. The number of nitrogens with zero attached hydrogens (tertiary/aromatic N) is 2. The number of anilines is 1. The van der Waals surface area contributed by atoms with E-state index in [0.29, 0.717) is 0 Å². The number of amidine groups is 1. The lowest BCUT2D eigenvalue weighted by atomic mass is 10.1. The predicted molar refractivity (Wildman–Crippen MR) is 82.2 cm³/mol. The van der Waals surface area contributed by atoms with Crippen molar-refractivity contribution in [3.05, 3.63) is 65.2 Å². The van der Waals surface area contributed by atoms with Crippen molar-refractivity contribution in [1.82, 2.24) is 0 Å². The molecule has 4 heteroatoms. The van der Waals surface area contributed by atoms with Gasteiger partial charge in [-0.05, 0) is 30.2 Å². The van der Waals surface area contributed by atoms with Gasteiger partial charge in [-0.1, -0.05) is 41.6 Å². The molecular weight excluding hydrogens is 250 g/mol. The van der Waals surface area contributed by atoms with E-state index in [1.807, 2.05) is 24.3 Å². The maximum atomic E-state index is 8.63. The number of hydrogen-bond acceptors (Lipinski definition) is 3. The maximum absolute atomic E-state index is 8.63. The number of nitrogens with two attached hydrogens (primary N) is 1. The molecule has 0 saturated heterocycles. The lowest BCUT2D eigenvalue weighted by Gasteiger charge is -2.20. The standard InChI is InChI=1S/C16H19N3O/c1-12-4-3-5-15(10-12)19(2)11-13-6-8-14(9-7-13)16(17)18-20/h3-10,20H,11H2,1-2H3,(H2,17,18). The van der Waals surface area contributed by atoms with Gasteiger partial charge in [-0.3, -0.25) is 0 Å². The molecule has 0 bridgehead atoms. The Morgan fingerprint density at radius 3 is 2.50 bits per heavy atom. The van der Waals surface area contributed by atoms with Crippen LogP contribution in [0.25, 0.3) is 0 Å². The van der Waals surface area contributed by atoms with E-state index in [1.54, 1.807) is 0 Å². The monoisotopic (exact) mass is 269 g/mol. The second kappa shape index (κ2) is 6.10. The molecule has 0 aliphatic carbocycles. The molecule has 2 aromatic rings. The summed E-state index contributed by atoms with van der Waals surface area (Å²) in [4.78, 5) is 2.19. The molecule has 0 amide bonds. The molecule has 0 aliphatic heterocycles. The summed E-state index contributed by atoms with van der Waals surface area (Å²) >= 11 is 0. The van der Waals surface area contributed by atoms with Crippen LogP contribution in [0.15, 0.2) is 53.7 Å². The number of hydrogen-bond donors (Lipinski definition) is 2. The van der Waals surface area contributed by atoms with Crippen LogP contribution in [0.5, 0.6) is 0 Å². The molecule has 0 saturated carbocycles. The zero-order valence-electron chi connectivity index (χ0n) is 11.7. The van der Waals surface area contributed by atoms with Crippen molar-refractivity contribution in [3.63, 3.8) is 0 Å². The topological polar surface area (TPSA) is 61.8 Å². The van der Waals surface area contributed by atoms with Gasteiger partial charge in [0.1, 0.15) is 0 Å². The maximum Gasteiger partial charge on any atom is 0.170 e. The highest BCUT2D eigenvalue weighted by Gasteiger charge is 2.04. The predicted octanol–water partition coefficient (Wildman–Crippen LogP) is 2.73. The Bertz CT molecular complexity index is 605. The molecule has 3 N–H and O–H groups in total. The van der Waals surface area contributed by atoms with E-state index in [1.165, 1.54) is 16.8 Å². The summed E-state index contributed by atoms with van der Waals surface area (Å²) in [5, 5.41) is 11.6. The number of aryl methyl sites for hydroxylation is 1. The van der Waals surface area contributed by atoms with Crippen LogP contribution in [0.2, 0.25) is 0 Å². The van der Waals surface area contributed by atoms with E-state index < -0.39 is 0 Å². The Morgan fingerprint density at radius 1 is 1.20 bits per heavy atom. The molecule has 0 atom stereocenters. The van der Waals surface area contributed by atoms with Gasteiger partial charge in [0, 0.05) is 24.8 Å². The van der Waals surface area contributed by atoms with Crippen molar-refractivity contribution < 1.29 is 5.21 Å². The molecule has 0 aromatic heterocycles. The number of benzene rings is 2. The first-order valence-electron chi connectivity index (χ1n) is 6.45. The Morgan fingerprint density at radius 2 is 1.90 bits per heavy atom. The van der Waals surface area contributed by atoms with Gasteiger partial charge in [-0.25, -0.2) is 0 Å². The van der Waals surface area contributed by atoms with Crippen molar-refractivity contribution in [2.75, 3.05) is 11.9 Å². The zero-order chi connectivity index (χ0) is 14.5. The van der Waals surface area contributed by atoms with Crippen molar-refractivity contribution in [3.8, 4) is 0 Å². The average molecular weight is 269 g/mol. The fourth-order valence-corrected chi connectivity index (χ4v) is 2.07. The lowest BCUT2D eigenvalue weighted by molar-refractivity contribution is 0.318. The first kappa shape index (κ1) is 13.9. The van der Waals surface area contributed by atoms with E-state index >= 15 is 0 Å². The van der Waals surface area contributed by atoms with E-state index in [4.69, 9.17) is 10.9 Å². The van der Waals surface area contributed by atoms with Crippen LogP contribution < -0.4 is 10.6 Å². The van der Waals surface area contributed by atoms with E-state index in [-0.39, 0.29) is 5.84 Å². The van der Waals surface area contributed by atoms with Gasteiger partial charge >= 0.3 is 0 Å². The Balaban J connectivity index is 2.10. The Hall–Kier alpha value is -2.49. The Kier molecular flexibility index (Phi) is 4.25. The molecular formula is C16H19N3O. The number of oxime groups is 1. The van der Waals surface area contributed by atoms with Gasteiger partial charge in [-0.15, -0.1) is 0 Å². The highest BCUT2D eigenvalue weighted by molar-refractivity contribution is 5.96. The van der Waals surface area contributed by atoms with Crippen molar-refractivity contribution in [2.45, 2.75) is 13.5 Å². The van der Waals surface area contributed by atoms with E-state index in [9.17, 15) is 0 Å². The van der Waals surface area contributed by atoms with E-state index in [0.717, 1.165) is 12.1 Å². The van der Waals surface area contributed by atoms with Crippen LogP contribution in [0, 0.1) is 6.92 Å². The van der Waals surface area contributed by atoms with Crippen LogP contribution >= 0.6 is 0 Å². The number of rotatable bonds is 4. The fourth-order valence-electron chi connectivity index (χ4n) is 2.07. The summed E-state index contributed by atoms with van der Waals surface area (Å²) in [6.07, 6.45) is 0. The third-order valence-corrected chi connectivity index (χ3v) is 3.22. The molecule has 2 aromatic carbocycles. The highest BCUT2D eigenvalue weighted by atomic mass is 16.4. The van der Waals surface area contributed by atoms with Crippen molar-refractivity contribution in [1.29, 1.82) is 0 Å². The molecule has 20 heavy (non-hydrogen) atoms. The summed E-state index contributed by atoms with van der Waals surface area (Å²) in [5.74, 6) is 0.128. The van der Waals surface area contributed by atoms with Crippen LogP contribution in [0.4, 0.5) is 5.69 Å². The van der Waals surface area contributed by atoms with Crippen LogP contribution in [0.3, 0.4) is 0 Å². The molecule has 2 rings (SSSR count). The molecule has 0 heterocycles. The second-order valence-electron chi connectivity index (χ2n) is 4.88. The highest BCUT2D eigenvalue weighted by Crippen LogP contribution is 2.17. The van der Waals surface area contributed by atoms with E-state index in [2.05, 4.69) is 48.3 Å². The first-order chi connectivity index (χ1) is 9.60. The SMILES string of the molecule is Cc1cccc(N(C)Cc2ccc(C(N)=NO)cc2)c1. The third kappa shape index (κ3) is 3.29. The minimum atomic E-state index is 0.128. The summed E-state index contributed by atoms with van der Waals surface area (Å²) in [5.41, 5.74) is 9.86. The van der Waals surface area contributed by atoms with Crippen molar-refractivity contribution >= 4 is 11.5 Å². The third-order valence-electron chi connectivity index (χ3n) is 3.22. The minimum Gasteiger partial charge on any atom is -0.409 e. The largest absolute Gasteiger partial charge is 0.409 e. The first-order valence-corrected chi connectivity index (χ1v) is 6.45. The molecule has 104 valence electrons. The summed E-state index contributed by atoms with van der Waals surface area (Å²) < 4.78 is 0. The molecule has 0 fully saturated rings. The molecule has 0 radical (unpaired) electrons. The minimum absolute atomic E-state index is 0.128. The van der Waals surface area contributed by atoms with Gasteiger partial charge in [0.05, 0.1) is 0 Å². The smallest absolute Gasteiger partial charge is 0.170 e.